The topological polar surface area (TPSA) is 62.2 Å². The van der Waals surface area contributed by atoms with Crippen molar-refractivity contribution in [2.45, 2.75) is 26.4 Å². The van der Waals surface area contributed by atoms with Gasteiger partial charge in [0, 0.05) is 42.3 Å². The van der Waals surface area contributed by atoms with Crippen LogP contribution in [0.1, 0.15) is 23.5 Å². The van der Waals surface area contributed by atoms with E-state index in [0.29, 0.717) is 19.5 Å². The molecule has 0 N–H and O–H groups in total. The zero-order valence-electron chi connectivity index (χ0n) is 15.0. The van der Waals surface area contributed by atoms with Gasteiger partial charge in [-0.2, -0.15) is 5.26 Å². The number of hydrogen-bond donors (Lipinski definition) is 0. The molecule has 0 bridgehead atoms. The second-order valence-electron chi connectivity index (χ2n) is 6.24. The minimum absolute atomic E-state index is 0.0899. The zero-order chi connectivity index (χ0) is 18.5. The van der Waals surface area contributed by atoms with E-state index < -0.39 is 0 Å². The van der Waals surface area contributed by atoms with Gasteiger partial charge in [0.1, 0.15) is 11.5 Å². The van der Waals surface area contributed by atoms with Gasteiger partial charge in [0.15, 0.2) is 0 Å². The van der Waals surface area contributed by atoms with Crippen molar-refractivity contribution >= 4 is 22.9 Å². The van der Waals surface area contributed by atoms with Gasteiger partial charge >= 0.3 is 0 Å². The van der Waals surface area contributed by atoms with Gasteiger partial charge < -0.3 is 13.9 Å². The lowest BCUT2D eigenvalue weighted by Crippen LogP contribution is -2.23. The first-order valence-electron chi connectivity index (χ1n) is 8.52. The molecular weight excluding hydrogens is 326 g/mol. The van der Waals surface area contributed by atoms with Crippen molar-refractivity contribution < 1.29 is 9.21 Å². The summed E-state index contributed by atoms with van der Waals surface area (Å²) in [6.45, 7) is 2.95. The SMILES string of the molecule is Cc1ccc(CN(C)C(=O)/C=C/c2cn(CCC#N)c3ccccc23)o1. The number of aromatic nitrogens is 1. The molecule has 0 saturated heterocycles. The fraction of sp³-hybridized carbons (Fsp3) is 0.238. The Bertz CT molecular complexity index is 988. The minimum atomic E-state index is -0.0899. The van der Waals surface area contributed by atoms with Crippen LogP contribution >= 0.6 is 0 Å². The molecule has 3 aromatic rings. The molecule has 0 aliphatic heterocycles. The molecule has 5 nitrogen and oxygen atoms in total. The number of nitriles is 1. The lowest BCUT2D eigenvalue weighted by atomic mass is 10.1. The molecule has 0 aliphatic rings. The fourth-order valence-corrected chi connectivity index (χ4v) is 2.93. The van der Waals surface area contributed by atoms with Gasteiger partial charge in [0.25, 0.3) is 0 Å². The summed E-state index contributed by atoms with van der Waals surface area (Å²) in [5, 5.41) is 9.90. The van der Waals surface area contributed by atoms with Crippen LogP contribution in [0.15, 0.2) is 53.1 Å². The fourth-order valence-electron chi connectivity index (χ4n) is 2.93. The summed E-state index contributed by atoms with van der Waals surface area (Å²) in [6.07, 6.45) is 5.84. The number of likely N-dealkylation sites (N-methyl/N-ethyl adjacent to an activating group) is 1. The van der Waals surface area contributed by atoms with Gasteiger partial charge in [-0.25, -0.2) is 0 Å². The molecule has 1 aromatic carbocycles. The molecule has 0 saturated carbocycles. The Kier molecular flexibility index (Phi) is 5.23. The molecule has 2 aromatic heterocycles. The van der Waals surface area contributed by atoms with Gasteiger partial charge in [0.2, 0.25) is 5.91 Å². The normalized spacial score (nSPS) is 11.1. The Morgan fingerprint density at radius 2 is 2.12 bits per heavy atom. The monoisotopic (exact) mass is 347 g/mol. The van der Waals surface area contributed by atoms with Crippen LogP contribution in [-0.2, 0) is 17.9 Å². The number of nitrogens with zero attached hydrogens (tertiary/aromatic N) is 3. The van der Waals surface area contributed by atoms with E-state index >= 15 is 0 Å². The van der Waals surface area contributed by atoms with Crippen molar-refractivity contribution in [3.05, 3.63) is 65.8 Å². The maximum Gasteiger partial charge on any atom is 0.246 e. The molecule has 0 fully saturated rings. The third kappa shape index (κ3) is 3.86. The maximum atomic E-state index is 12.4. The van der Waals surface area contributed by atoms with E-state index in [1.165, 1.54) is 0 Å². The second kappa shape index (κ2) is 7.75. The Labute approximate surface area is 152 Å². The zero-order valence-corrected chi connectivity index (χ0v) is 15.0. The Hall–Kier alpha value is -3.26. The van der Waals surface area contributed by atoms with Crippen molar-refractivity contribution in [2.24, 2.45) is 0 Å². The highest BCUT2D eigenvalue weighted by molar-refractivity contribution is 5.96. The summed E-state index contributed by atoms with van der Waals surface area (Å²) >= 11 is 0. The Balaban J connectivity index is 1.77. The van der Waals surface area contributed by atoms with Gasteiger partial charge in [-0.15, -0.1) is 0 Å². The number of fused-ring (bicyclic) bond motifs is 1. The first kappa shape index (κ1) is 17.6. The lowest BCUT2D eigenvalue weighted by Gasteiger charge is -2.12. The van der Waals surface area contributed by atoms with Crippen LogP contribution in [0.3, 0.4) is 0 Å². The molecule has 26 heavy (non-hydrogen) atoms. The van der Waals surface area contributed by atoms with Crippen LogP contribution in [-0.4, -0.2) is 22.4 Å². The van der Waals surface area contributed by atoms with Crippen LogP contribution in [0.4, 0.5) is 0 Å². The number of benzene rings is 1. The van der Waals surface area contributed by atoms with Crippen LogP contribution < -0.4 is 0 Å². The smallest absolute Gasteiger partial charge is 0.246 e. The van der Waals surface area contributed by atoms with Crippen LogP contribution in [0, 0.1) is 18.3 Å². The highest BCUT2D eigenvalue weighted by atomic mass is 16.3. The number of aryl methyl sites for hydroxylation is 2. The van der Waals surface area contributed by atoms with Crippen molar-refractivity contribution in [2.75, 3.05) is 7.05 Å². The predicted octanol–water partition coefficient (Wildman–Crippen LogP) is 4.13. The average Bonchev–Trinajstić information content (AvgIpc) is 3.21. The van der Waals surface area contributed by atoms with Crippen LogP contribution in [0.2, 0.25) is 0 Å². The van der Waals surface area contributed by atoms with Gasteiger partial charge in [-0.3, -0.25) is 4.79 Å². The summed E-state index contributed by atoms with van der Waals surface area (Å²) in [5.41, 5.74) is 2.03. The van der Waals surface area contributed by atoms with E-state index in [1.54, 1.807) is 18.0 Å². The molecule has 0 aliphatic carbocycles. The number of carbonyl (C=O) groups is 1. The van der Waals surface area contributed by atoms with Crippen LogP contribution in [0.5, 0.6) is 0 Å². The predicted molar refractivity (Wildman–Crippen MR) is 101 cm³/mol. The first-order chi connectivity index (χ1) is 12.6. The largest absolute Gasteiger partial charge is 0.464 e. The number of carbonyl (C=O) groups excluding carboxylic acids is 1. The standard InChI is InChI=1S/C21H21N3O2/c1-16-8-10-18(26-16)15-23(2)21(25)11-9-17-14-24(13-5-12-22)20-7-4-3-6-19(17)20/h3-4,6-11,14H,5,13,15H2,1-2H3/b11-9+. The lowest BCUT2D eigenvalue weighted by molar-refractivity contribution is -0.125. The van der Waals surface area contributed by atoms with E-state index in [0.717, 1.165) is 28.0 Å². The summed E-state index contributed by atoms with van der Waals surface area (Å²) in [4.78, 5) is 14.0. The molecule has 0 radical (unpaired) electrons. The van der Waals surface area contributed by atoms with E-state index in [1.807, 2.05) is 55.6 Å². The summed E-state index contributed by atoms with van der Waals surface area (Å²) in [6, 6.07) is 13.9. The molecule has 0 spiro atoms. The molecule has 1 amide bonds. The quantitative estimate of drug-likeness (QED) is 0.630. The van der Waals surface area contributed by atoms with Gasteiger partial charge in [-0.1, -0.05) is 18.2 Å². The molecule has 0 unspecified atom stereocenters. The van der Waals surface area contributed by atoms with E-state index in [4.69, 9.17) is 9.68 Å². The first-order valence-corrected chi connectivity index (χ1v) is 8.52. The highest BCUT2D eigenvalue weighted by Gasteiger charge is 2.10. The summed E-state index contributed by atoms with van der Waals surface area (Å²) in [5.74, 6) is 1.51. The van der Waals surface area contributed by atoms with Crippen molar-refractivity contribution in [3.63, 3.8) is 0 Å². The highest BCUT2D eigenvalue weighted by Crippen LogP contribution is 2.23. The number of para-hydroxylation sites is 1. The van der Waals surface area contributed by atoms with Gasteiger partial charge in [0.05, 0.1) is 19.0 Å². The molecule has 3 rings (SSSR count). The van der Waals surface area contributed by atoms with Crippen molar-refractivity contribution in [3.8, 4) is 6.07 Å². The van der Waals surface area contributed by atoms with Gasteiger partial charge in [-0.05, 0) is 31.2 Å². The summed E-state index contributed by atoms with van der Waals surface area (Å²) < 4.78 is 7.57. The van der Waals surface area contributed by atoms with Crippen molar-refractivity contribution in [1.29, 1.82) is 5.26 Å². The van der Waals surface area contributed by atoms with E-state index in [9.17, 15) is 4.79 Å². The Morgan fingerprint density at radius 1 is 1.31 bits per heavy atom. The third-order valence-corrected chi connectivity index (χ3v) is 4.25. The number of rotatable bonds is 6. The number of hydrogen-bond acceptors (Lipinski definition) is 3. The molecule has 2 heterocycles. The maximum absolute atomic E-state index is 12.4. The minimum Gasteiger partial charge on any atom is -0.464 e. The second-order valence-corrected chi connectivity index (χ2v) is 6.24. The molecule has 132 valence electrons. The van der Waals surface area contributed by atoms with Crippen molar-refractivity contribution in [1.82, 2.24) is 9.47 Å². The molecule has 0 atom stereocenters. The van der Waals surface area contributed by atoms with E-state index in [-0.39, 0.29) is 5.91 Å². The number of amides is 1. The van der Waals surface area contributed by atoms with E-state index in [2.05, 4.69) is 10.6 Å². The summed E-state index contributed by atoms with van der Waals surface area (Å²) in [7, 11) is 1.75. The third-order valence-electron chi connectivity index (χ3n) is 4.25. The van der Waals surface area contributed by atoms with Crippen LogP contribution in [0.25, 0.3) is 17.0 Å². The molecular formula is C21H21N3O2. The average molecular weight is 347 g/mol. The number of furan rings is 1. The molecule has 5 heteroatoms. The Morgan fingerprint density at radius 3 is 2.85 bits per heavy atom.